The Morgan fingerprint density at radius 3 is 2.62 bits per heavy atom. The number of amides is 1. The van der Waals surface area contributed by atoms with Gasteiger partial charge < -0.3 is 11.1 Å². The van der Waals surface area contributed by atoms with Crippen LogP contribution in [0.15, 0.2) is 0 Å². The number of rotatable bonds is 2. The second kappa shape index (κ2) is 5.15. The summed E-state index contributed by atoms with van der Waals surface area (Å²) in [6.45, 7) is 9.77. The van der Waals surface area contributed by atoms with Gasteiger partial charge in [0.1, 0.15) is 0 Å². The molecule has 0 radical (unpaired) electrons. The second-order valence-corrected chi connectivity index (χ2v) is 5.81. The summed E-state index contributed by atoms with van der Waals surface area (Å²) in [6.07, 6.45) is 2.17. The van der Waals surface area contributed by atoms with Gasteiger partial charge in [-0.05, 0) is 47.1 Å². The summed E-state index contributed by atoms with van der Waals surface area (Å²) in [5.74, 6) is 0.0987. The summed E-state index contributed by atoms with van der Waals surface area (Å²) < 4.78 is 0. The van der Waals surface area contributed by atoms with Crippen molar-refractivity contribution < 1.29 is 4.79 Å². The predicted octanol–water partition coefficient (Wildman–Crippen LogP) is 0.713. The molecule has 3 N–H and O–H groups in total. The molecule has 1 saturated heterocycles. The molecule has 1 unspecified atom stereocenters. The van der Waals surface area contributed by atoms with Gasteiger partial charge in [-0.15, -0.1) is 0 Å². The van der Waals surface area contributed by atoms with Crippen LogP contribution in [-0.4, -0.2) is 41.5 Å². The van der Waals surface area contributed by atoms with Gasteiger partial charge in [-0.25, -0.2) is 0 Å². The van der Waals surface area contributed by atoms with E-state index in [0.29, 0.717) is 0 Å². The van der Waals surface area contributed by atoms with E-state index in [9.17, 15) is 4.79 Å². The Morgan fingerprint density at radius 2 is 2.12 bits per heavy atom. The molecule has 4 nitrogen and oxygen atoms in total. The number of nitrogens with two attached hydrogens (primary N) is 1. The third-order valence-electron chi connectivity index (χ3n) is 2.91. The molecule has 4 heteroatoms. The van der Waals surface area contributed by atoms with Crippen LogP contribution in [0.25, 0.3) is 0 Å². The number of nitrogens with one attached hydrogen (secondary N) is 1. The van der Waals surface area contributed by atoms with E-state index in [-0.39, 0.29) is 23.5 Å². The highest BCUT2D eigenvalue weighted by atomic mass is 16.2. The van der Waals surface area contributed by atoms with E-state index < -0.39 is 0 Å². The van der Waals surface area contributed by atoms with Crippen LogP contribution in [0.5, 0.6) is 0 Å². The Labute approximate surface area is 98.6 Å². The topological polar surface area (TPSA) is 58.4 Å². The summed E-state index contributed by atoms with van der Waals surface area (Å²) in [4.78, 5) is 14.1. The predicted molar refractivity (Wildman–Crippen MR) is 66.1 cm³/mol. The standard InChI is InChI=1S/C12H25N3O/c1-9(11(16)14-12(2,3)4)15-7-5-6-10(13)8-15/h9-10H,5-8,13H2,1-4H3,(H,14,16)/t9?,10-/m1/s1. The third-order valence-corrected chi connectivity index (χ3v) is 2.91. The highest BCUT2D eigenvalue weighted by molar-refractivity contribution is 5.81. The van der Waals surface area contributed by atoms with E-state index >= 15 is 0 Å². The fourth-order valence-electron chi connectivity index (χ4n) is 2.03. The van der Waals surface area contributed by atoms with Crippen molar-refractivity contribution in [2.24, 2.45) is 5.73 Å². The van der Waals surface area contributed by atoms with Crippen molar-refractivity contribution in [3.8, 4) is 0 Å². The summed E-state index contributed by atoms with van der Waals surface area (Å²) in [7, 11) is 0. The molecule has 1 fully saturated rings. The van der Waals surface area contributed by atoms with Crippen LogP contribution in [0.4, 0.5) is 0 Å². The maximum Gasteiger partial charge on any atom is 0.237 e. The van der Waals surface area contributed by atoms with Crippen molar-refractivity contribution in [1.82, 2.24) is 10.2 Å². The minimum atomic E-state index is -0.163. The van der Waals surface area contributed by atoms with Crippen LogP contribution in [-0.2, 0) is 4.79 Å². The number of likely N-dealkylation sites (tertiary alicyclic amines) is 1. The highest BCUT2D eigenvalue weighted by Crippen LogP contribution is 2.12. The molecular formula is C12H25N3O. The molecule has 1 rings (SSSR count). The number of carbonyl (C=O) groups excluding carboxylic acids is 1. The van der Waals surface area contributed by atoms with Gasteiger partial charge in [-0.1, -0.05) is 0 Å². The first-order chi connectivity index (χ1) is 7.29. The molecule has 1 heterocycles. The lowest BCUT2D eigenvalue weighted by atomic mass is 10.0. The minimum absolute atomic E-state index is 0.0782. The molecule has 0 spiro atoms. The minimum Gasteiger partial charge on any atom is -0.350 e. The Balaban J connectivity index is 2.49. The zero-order valence-corrected chi connectivity index (χ0v) is 10.9. The van der Waals surface area contributed by atoms with E-state index in [4.69, 9.17) is 5.73 Å². The number of carbonyl (C=O) groups is 1. The monoisotopic (exact) mass is 227 g/mol. The highest BCUT2D eigenvalue weighted by Gasteiger charge is 2.27. The Bertz CT molecular complexity index is 247. The Hall–Kier alpha value is -0.610. The average molecular weight is 227 g/mol. The molecular weight excluding hydrogens is 202 g/mol. The molecule has 94 valence electrons. The van der Waals surface area contributed by atoms with Crippen molar-refractivity contribution in [1.29, 1.82) is 0 Å². The summed E-state index contributed by atoms with van der Waals surface area (Å²) in [5, 5.41) is 3.01. The van der Waals surface area contributed by atoms with E-state index in [1.807, 2.05) is 27.7 Å². The van der Waals surface area contributed by atoms with Crippen molar-refractivity contribution in [3.63, 3.8) is 0 Å². The summed E-state index contributed by atoms with van der Waals surface area (Å²) in [6, 6.07) is 0.143. The van der Waals surface area contributed by atoms with Gasteiger partial charge in [0.2, 0.25) is 5.91 Å². The van der Waals surface area contributed by atoms with Crippen LogP contribution in [0.3, 0.4) is 0 Å². The lowest BCUT2D eigenvalue weighted by molar-refractivity contribution is -0.127. The van der Waals surface area contributed by atoms with Crippen molar-refractivity contribution >= 4 is 5.91 Å². The van der Waals surface area contributed by atoms with Crippen molar-refractivity contribution in [2.45, 2.75) is 58.2 Å². The first kappa shape index (κ1) is 13.5. The molecule has 2 atom stereocenters. The maximum absolute atomic E-state index is 12.0. The van der Waals surface area contributed by atoms with Crippen LogP contribution in [0, 0.1) is 0 Å². The molecule has 1 aliphatic heterocycles. The third kappa shape index (κ3) is 4.10. The van der Waals surface area contributed by atoms with Gasteiger partial charge in [-0.2, -0.15) is 0 Å². The fraction of sp³-hybridized carbons (Fsp3) is 0.917. The molecule has 0 saturated carbocycles. The van der Waals surface area contributed by atoms with Gasteiger partial charge >= 0.3 is 0 Å². The van der Waals surface area contributed by atoms with Crippen molar-refractivity contribution in [2.75, 3.05) is 13.1 Å². The van der Waals surface area contributed by atoms with Crippen LogP contribution < -0.4 is 11.1 Å². The zero-order chi connectivity index (χ0) is 12.3. The second-order valence-electron chi connectivity index (χ2n) is 5.81. The number of hydrogen-bond acceptors (Lipinski definition) is 3. The normalized spacial score (nSPS) is 25.2. The lowest BCUT2D eigenvalue weighted by Gasteiger charge is -2.35. The number of nitrogens with zero attached hydrogens (tertiary/aromatic N) is 1. The molecule has 0 aromatic rings. The van der Waals surface area contributed by atoms with Crippen molar-refractivity contribution in [3.05, 3.63) is 0 Å². The molecule has 1 amide bonds. The molecule has 16 heavy (non-hydrogen) atoms. The van der Waals surface area contributed by atoms with E-state index in [1.165, 1.54) is 0 Å². The molecule has 0 bridgehead atoms. The van der Waals surface area contributed by atoms with E-state index in [0.717, 1.165) is 25.9 Å². The summed E-state index contributed by atoms with van der Waals surface area (Å²) >= 11 is 0. The Morgan fingerprint density at radius 1 is 1.50 bits per heavy atom. The molecule has 0 aliphatic carbocycles. The maximum atomic E-state index is 12.0. The number of hydrogen-bond donors (Lipinski definition) is 2. The molecule has 0 aromatic carbocycles. The number of piperidine rings is 1. The van der Waals surface area contributed by atoms with Crippen LogP contribution in [0.2, 0.25) is 0 Å². The smallest absolute Gasteiger partial charge is 0.237 e. The first-order valence-electron chi connectivity index (χ1n) is 6.11. The Kier molecular flexibility index (Phi) is 4.33. The molecule has 1 aliphatic rings. The summed E-state index contributed by atoms with van der Waals surface area (Å²) in [5.41, 5.74) is 5.75. The van der Waals surface area contributed by atoms with Gasteiger partial charge in [0, 0.05) is 18.1 Å². The quantitative estimate of drug-likeness (QED) is 0.730. The van der Waals surface area contributed by atoms with Gasteiger partial charge in [0.15, 0.2) is 0 Å². The van der Waals surface area contributed by atoms with Crippen LogP contribution in [0.1, 0.15) is 40.5 Å². The SMILES string of the molecule is CC(C(=O)NC(C)(C)C)N1CCC[C@@H](N)C1. The van der Waals surface area contributed by atoms with Crippen LogP contribution >= 0.6 is 0 Å². The molecule has 0 aromatic heterocycles. The van der Waals surface area contributed by atoms with Gasteiger partial charge in [-0.3, -0.25) is 9.69 Å². The van der Waals surface area contributed by atoms with Gasteiger partial charge in [0.25, 0.3) is 0 Å². The van der Waals surface area contributed by atoms with E-state index in [2.05, 4.69) is 10.2 Å². The fourth-order valence-corrected chi connectivity index (χ4v) is 2.03. The largest absolute Gasteiger partial charge is 0.350 e. The zero-order valence-electron chi connectivity index (χ0n) is 10.9. The van der Waals surface area contributed by atoms with E-state index in [1.54, 1.807) is 0 Å². The van der Waals surface area contributed by atoms with Gasteiger partial charge in [0.05, 0.1) is 6.04 Å². The first-order valence-corrected chi connectivity index (χ1v) is 6.11. The lowest BCUT2D eigenvalue weighted by Crippen LogP contribution is -2.54. The average Bonchev–Trinajstić information content (AvgIpc) is 2.14.